The molecule has 2 N–H and O–H groups in total. The third-order valence-electron chi connectivity index (χ3n) is 2.97. The standard InChI is InChI=1S/C11H20N2O2.ClH/c1-5-7-11(8-15-11)10(3,4)13-12-9(14)6-2;/h6,13H,2,5,7-8H2,1,3-4H3,(H,12,14);1H. The fourth-order valence-electron chi connectivity index (χ4n) is 1.69. The van der Waals surface area contributed by atoms with Crippen molar-refractivity contribution in [3.63, 3.8) is 0 Å². The second kappa shape index (κ2) is 5.66. The first-order valence-corrected chi connectivity index (χ1v) is 5.31. The lowest BCUT2D eigenvalue weighted by Crippen LogP contribution is -2.58. The molecule has 0 aromatic heterocycles. The highest BCUT2D eigenvalue weighted by molar-refractivity contribution is 5.86. The number of ether oxygens (including phenoxy) is 1. The Bertz CT molecular complexity index is 263. The zero-order chi connectivity index (χ0) is 11.5. The maximum atomic E-state index is 11.0. The highest BCUT2D eigenvalue weighted by Gasteiger charge is 2.55. The highest BCUT2D eigenvalue weighted by Crippen LogP contribution is 2.41. The first-order valence-electron chi connectivity index (χ1n) is 5.31. The van der Waals surface area contributed by atoms with Crippen molar-refractivity contribution >= 4 is 18.3 Å². The summed E-state index contributed by atoms with van der Waals surface area (Å²) in [4.78, 5) is 11.0. The molecule has 1 heterocycles. The summed E-state index contributed by atoms with van der Waals surface area (Å²) in [5.41, 5.74) is 5.20. The van der Waals surface area contributed by atoms with E-state index in [4.69, 9.17) is 4.74 Å². The molecular weight excluding hydrogens is 228 g/mol. The maximum Gasteiger partial charge on any atom is 0.257 e. The van der Waals surface area contributed by atoms with Crippen molar-refractivity contribution in [2.45, 2.75) is 44.8 Å². The van der Waals surface area contributed by atoms with E-state index in [0.717, 1.165) is 19.4 Å². The van der Waals surface area contributed by atoms with Crippen molar-refractivity contribution in [3.05, 3.63) is 12.7 Å². The van der Waals surface area contributed by atoms with Crippen LogP contribution in [0, 0.1) is 0 Å². The van der Waals surface area contributed by atoms with Gasteiger partial charge in [0.05, 0.1) is 12.1 Å². The van der Waals surface area contributed by atoms with Gasteiger partial charge in [0.25, 0.3) is 5.91 Å². The second-order valence-electron chi connectivity index (χ2n) is 4.48. The van der Waals surface area contributed by atoms with Gasteiger partial charge in [0.1, 0.15) is 5.60 Å². The number of carbonyl (C=O) groups is 1. The summed E-state index contributed by atoms with van der Waals surface area (Å²) in [6.07, 6.45) is 3.31. The molecule has 5 heteroatoms. The number of nitrogens with one attached hydrogen (secondary N) is 2. The summed E-state index contributed by atoms with van der Waals surface area (Å²) in [5, 5.41) is 0. The van der Waals surface area contributed by atoms with Gasteiger partial charge in [-0.15, -0.1) is 12.4 Å². The molecule has 0 aliphatic carbocycles. The fourth-order valence-corrected chi connectivity index (χ4v) is 1.69. The van der Waals surface area contributed by atoms with Gasteiger partial charge >= 0.3 is 0 Å². The quantitative estimate of drug-likeness (QED) is 0.426. The minimum absolute atomic E-state index is 0. The molecule has 0 radical (unpaired) electrons. The van der Waals surface area contributed by atoms with Gasteiger partial charge in [-0.2, -0.15) is 0 Å². The zero-order valence-corrected chi connectivity index (χ0v) is 10.9. The number of hydrogen-bond acceptors (Lipinski definition) is 3. The normalized spacial score (nSPS) is 23.2. The van der Waals surface area contributed by atoms with E-state index in [9.17, 15) is 4.79 Å². The monoisotopic (exact) mass is 248 g/mol. The summed E-state index contributed by atoms with van der Waals surface area (Å²) in [6.45, 7) is 10.3. The summed E-state index contributed by atoms with van der Waals surface area (Å²) in [7, 11) is 0. The highest BCUT2D eigenvalue weighted by atomic mass is 35.5. The van der Waals surface area contributed by atoms with E-state index in [1.807, 2.05) is 13.8 Å². The molecule has 1 amide bonds. The zero-order valence-electron chi connectivity index (χ0n) is 10.1. The molecule has 0 aromatic rings. The predicted octanol–water partition coefficient (Wildman–Crippen LogP) is 1.56. The van der Waals surface area contributed by atoms with Gasteiger partial charge in [0.15, 0.2) is 0 Å². The number of carbonyl (C=O) groups excluding carboxylic acids is 1. The molecule has 1 atom stereocenters. The Kier molecular flexibility index (Phi) is 5.46. The average molecular weight is 249 g/mol. The van der Waals surface area contributed by atoms with Gasteiger partial charge in [0, 0.05) is 0 Å². The molecule has 0 aromatic carbocycles. The fraction of sp³-hybridized carbons (Fsp3) is 0.727. The SMILES string of the molecule is C=CC(=O)NNC(C)(C)C1(CCC)CO1.Cl. The largest absolute Gasteiger partial charge is 0.368 e. The molecule has 0 spiro atoms. The number of hydrazine groups is 1. The van der Waals surface area contributed by atoms with Gasteiger partial charge in [0.2, 0.25) is 0 Å². The van der Waals surface area contributed by atoms with Gasteiger partial charge in [-0.25, -0.2) is 5.43 Å². The van der Waals surface area contributed by atoms with Crippen LogP contribution in [0.4, 0.5) is 0 Å². The Balaban J connectivity index is 0.00000225. The van der Waals surface area contributed by atoms with Crippen LogP contribution in [0.25, 0.3) is 0 Å². The van der Waals surface area contributed by atoms with Crippen LogP contribution in [0.15, 0.2) is 12.7 Å². The van der Waals surface area contributed by atoms with Gasteiger partial charge in [-0.05, 0) is 26.3 Å². The lowest BCUT2D eigenvalue weighted by molar-refractivity contribution is -0.118. The molecule has 1 aliphatic rings. The number of epoxide rings is 1. The van der Waals surface area contributed by atoms with Crippen LogP contribution >= 0.6 is 12.4 Å². The minimum Gasteiger partial charge on any atom is -0.368 e. The summed E-state index contributed by atoms with van der Waals surface area (Å²) in [5.74, 6) is -0.227. The smallest absolute Gasteiger partial charge is 0.257 e. The van der Waals surface area contributed by atoms with E-state index in [1.165, 1.54) is 6.08 Å². The van der Waals surface area contributed by atoms with Crippen molar-refractivity contribution in [1.82, 2.24) is 10.9 Å². The van der Waals surface area contributed by atoms with Crippen molar-refractivity contribution in [2.75, 3.05) is 6.61 Å². The van der Waals surface area contributed by atoms with Crippen molar-refractivity contribution < 1.29 is 9.53 Å². The molecule has 1 fully saturated rings. The van der Waals surface area contributed by atoms with E-state index in [-0.39, 0.29) is 29.5 Å². The Labute approximate surface area is 103 Å². The first-order chi connectivity index (χ1) is 6.97. The van der Waals surface area contributed by atoms with Gasteiger partial charge < -0.3 is 4.74 Å². The lowest BCUT2D eigenvalue weighted by atomic mass is 9.85. The number of halogens is 1. The van der Waals surface area contributed by atoms with Gasteiger partial charge in [-0.3, -0.25) is 10.2 Å². The molecule has 1 saturated heterocycles. The van der Waals surface area contributed by atoms with E-state index in [0.29, 0.717) is 0 Å². The Morgan fingerprint density at radius 3 is 2.56 bits per heavy atom. The number of rotatable bonds is 6. The molecule has 0 saturated carbocycles. The van der Waals surface area contributed by atoms with E-state index >= 15 is 0 Å². The molecule has 94 valence electrons. The van der Waals surface area contributed by atoms with Crippen LogP contribution in [0.1, 0.15) is 33.6 Å². The third kappa shape index (κ3) is 3.20. The van der Waals surface area contributed by atoms with E-state index < -0.39 is 0 Å². The Morgan fingerprint density at radius 1 is 1.62 bits per heavy atom. The molecular formula is C11H21ClN2O2. The summed E-state index contributed by atoms with van der Waals surface area (Å²) >= 11 is 0. The van der Waals surface area contributed by atoms with Crippen molar-refractivity contribution in [1.29, 1.82) is 0 Å². The van der Waals surface area contributed by atoms with Crippen LogP contribution in [-0.2, 0) is 9.53 Å². The van der Waals surface area contributed by atoms with Crippen LogP contribution in [0.3, 0.4) is 0 Å². The predicted molar refractivity (Wildman–Crippen MR) is 66.4 cm³/mol. The Morgan fingerprint density at radius 2 is 2.19 bits per heavy atom. The summed E-state index contributed by atoms with van der Waals surface area (Å²) < 4.78 is 5.53. The van der Waals surface area contributed by atoms with Gasteiger partial charge in [-0.1, -0.05) is 19.9 Å². The first kappa shape index (κ1) is 15.4. The maximum absolute atomic E-state index is 11.0. The average Bonchev–Trinajstić information content (AvgIpc) is 2.96. The number of hydrogen-bond donors (Lipinski definition) is 2. The van der Waals surface area contributed by atoms with Crippen molar-refractivity contribution in [2.24, 2.45) is 0 Å². The number of amides is 1. The molecule has 4 nitrogen and oxygen atoms in total. The van der Waals surface area contributed by atoms with Crippen LogP contribution < -0.4 is 10.9 Å². The summed E-state index contributed by atoms with van der Waals surface area (Å²) in [6, 6.07) is 0. The van der Waals surface area contributed by atoms with Crippen LogP contribution in [-0.4, -0.2) is 23.7 Å². The lowest BCUT2D eigenvalue weighted by Gasteiger charge is -2.32. The third-order valence-corrected chi connectivity index (χ3v) is 2.97. The minimum atomic E-state index is -0.262. The molecule has 1 aliphatic heterocycles. The van der Waals surface area contributed by atoms with Crippen molar-refractivity contribution in [3.8, 4) is 0 Å². The topological polar surface area (TPSA) is 53.7 Å². The second-order valence-corrected chi connectivity index (χ2v) is 4.48. The Hall–Kier alpha value is -0.580. The van der Waals surface area contributed by atoms with Crippen LogP contribution in [0.2, 0.25) is 0 Å². The molecule has 16 heavy (non-hydrogen) atoms. The molecule has 1 rings (SSSR count). The van der Waals surface area contributed by atoms with Crippen LogP contribution in [0.5, 0.6) is 0 Å². The van der Waals surface area contributed by atoms with E-state index in [1.54, 1.807) is 0 Å². The van der Waals surface area contributed by atoms with E-state index in [2.05, 4.69) is 24.4 Å². The molecule has 0 bridgehead atoms. The molecule has 1 unspecified atom stereocenters.